The normalized spacial score (nSPS) is 10.1. The van der Waals surface area contributed by atoms with E-state index in [1.165, 1.54) is 0 Å². The average Bonchev–Trinajstić information content (AvgIpc) is 1.98. The molecule has 0 spiro atoms. The molecule has 0 atom stereocenters. The van der Waals surface area contributed by atoms with Crippen LogP contribution in [0.1, 0.15) is 5.69 Å². The summed E-state index contributed by atoms with van der Waals surface area (Å²) in [4.78, 5) is 4.18. The Labute approximate surface area is 79.1 Å². The Bertz CT molecular complexity index is 252. The smallest absolute Gasteiger partial charge is 0.106 e. The molecule has 0 fully saturated rings. The maximum Gasteiger partial charge on any atom is 0.106 e. The van der Waals surface area contributed by atoms with Gasteiger partial charge < -0.3 is 5.32 Å². The number of halogens is 2. The third-order valence-electron chi connectivity index (χ3n) is 1.23. The van der Waals surface area contributed by atoms with Crippen molar-refractivity contribution in [1.29, 1.82) is 0 Å². The van der Waals surface area contributed by atoms with E-state index in [1.807, 2.05) is 19.2 Å². The van der Waals surface area contributed by atoms with E-state index in [-0.39, 0.29) is 0 Å². The molecule has 1 N–H and O–H groups in total. The molecule has 0 aliphatic carbocycles. The van der Waals surface area contributed by atoms with Crippen LogP contribution in [0.5, 0.6) is 0 Å². The molecule has 60 valence electrons. The second-order valence-corrected chi connectivity index (χ2v) is 3.31. The Morgan fingerprint density at radius 3 is 3.00 bits per heavy atom. The van der Waals surface area contributed by atoms with Crippen LogP contribution in [0.4, 0.5) is 0 Å². The van der Waals surface area contributed by atoms with Crippen LogP contribution in [-0.4, -0.2) is 12.0 Å². The second-order valence-electron chi connectivity index (χ2n) is 2.09. The van der Waals surface area contributed by atoms with Gasteiger partial charge in [0, 0.05) is 6.54 Å². The summed E-state index contributed by atoms with van der Waals surface area (Å²) in [6.07, 6.45) is 0. The maximum absolute atomic E-state index is 5.85. The lowest BCUT2D eigenvalue weighted by atomic mass is 10.3. The van der Waals surface area contributed by atoms with Crippen molar-refractivity contribution >= 4 is 27.5 Å². The van der Waals surface area contributed by atoms with Crippen molar-refractivity contribution < 1.29 is 0 Å². The summed E-state index contributed by atoms with van der Waals surface area (Å²) in [6.45, 7) is 0.693. The lowest BCUT2D eigenvalue weighted by Crippen LogP contribution is -2.07. The van der Waals surface area contributed by atoms with Crippen LogP contribution in [0.15, 0.2) is 16.7 Å². The fraction of sp³-hybridized carbons (Fsp3) is 0.286. The fourth-order valence-electron chi connectivity index (χ4n) is 0.749. The predicted molar refractivity (Wildman–Crippen MR) is 49.7 cm³/mol. The number of aromatic nitrogens is 1. The minimum Gasteiger partial charge on any atom is -0.314 e. The van der Waals surface area contributed by atoms with Crippen molar-refractivity contribution in [2.75, 3.05) is 7.05 Å². The van der Waals surface area contributed by atoms with Crippen LogP contribution in [-0.2, 0) is 6.54 Å². The van der Waals surface area contributed by atoms with Crippen molar-refractivity contribution in [1.82, 2.24) is 10.3 Å². The van der Waals surface area contributed by atoms with Crippen LogP contribution >= 0.6 is 27.5 Å². The van der Waals surface area contributed by atoms with E-state index in [1.54, 1.807) is 0 Å². The van der Waals surface area contributed by atoms with Gasteiger partial charge in [0.1, 0.15) is 4.60 Å². The second kappa shape index (κ2) is 4.04. The summed E-state index contributed by atoms with van der Waals surface area (Å²) in [7, 11) is 1.86. The lowest BCUT2D eigenvalue weighted by molar-refractivity contribution is 0.789. The number of nitrogens with one attached hydrogen (secondary N) is 1. The average molecular weight is 236 g/mol. The molecule has 0 aliphatic heterocycles. The third-order valence-corrected chi connectivity index (χ3v) is 2.01. The molecule has 1 heterocycles. The van der Waals surface area contributed by atoms with Gasteiger partial charge in [-0.05, 0) is 35.1 Å². The molecule has 0 saturated heterocycles. The van der Waals surface area contributed by atoms with Gasteiger partial charge in [-0.2, -0.15) is 0 Å². The van der Waals surface area contributed by atoms with Gasteiger partial charge >= 0.3 is 0 Å². The van der Waals surface area contributed by atoms with Crippen molar-refractivity contribution in [2.45, 2.75) is 6.54 Å². The van der Waals surface area contributed by atoms with Crippen LogP contribution < -0.4 is 5.32 Å². The third kappa shape index (κ3) is 2.43. The van der Waals surface area contributed by atoms with Gasteiger partial charge in [0.05, 0.1) is 10.7 Å². The molecular formula is C7H8BrClN2. The monoisotopic (exact) mass is 234 g/mol. The summed E-state index contributed by atoms with van der Waals surface area (Å²) >= 11 is 9.12. The molecule has 0 aromatic carbocycles. The Hall–Kier alpha value is -0.120. The first kappa shape index (κ1) is 8.97. The van der Waals surface area contributed by atoms with E-state index >= 15 is 0 Å². The molecule has 0 aliphatic rings. The maximum atomic E-state index is 5.85. The van der Waals surface area contributed by atoms with Gasteiger partial charge in [-0.15, -0.1) is 0 Å². The number of hydrogen-bond acceptors (Lipinski definition) is 2. The minimum atomic E-state index is 0.693. The molecular weight excluding hydrogens is 227 g/mol. The predicted octanol–water partition coefficient (Wildman–Crippen LogP) is 2.22. The number of rotatable bonds is 2. The van der Waals surface area contributed by atoms with Gasteiger partial charge in [-0.25, -0.2) is 4.98 Å². The van der Waals surface area contributed by atoms with Gasteiger partial charge in [0.25, 0.3) is 0 Å². The van der Waals surface area contributed by atoms with Crippen LogP contribution in [0, 0.1) is 0 Å². The van der Waals surface area contributed by atoms with E-state index in [9.17, 15) is 0 Å². The van der Waals surface area contributed by atoms with Crippen molar-refractivity contribution in [3.8, 4) is 0 Å². The zero-order valence-electron chi connectivity index (χ0n) is 6.06. The standard InChI is InChI=1S/C7H8BrClN2/c1-10-4-6-5(9)2-3-7(8)11-6/h2-3,10H,4H2,1H3. The summed E-state index contributed by atoms with van der Waals surface area (Å²) in [5, 5.41) is 3.68. The zero-order chi connectivity index (χ0) is 8.27. The number of nitrogens with zero attached hydrogens (tertiary/aromatic N) is 1. The summed E-state index contributed by atoms with van der Waals surface area (Å²) < 4.78 is 0.812. The minimum absolute atomic E-state index is 0.693. The first-order chi connectivity index (χ1) is 5.24. The molecule has 1 aromatic rings. The molecule has 11 heavy (non-hydrogen) atoms. The van der Waals surface area contributed by atoms with Gasteiger partial charge in [0.15, 0.2) is 0 Å². The lowest BCUT2D eigenvalue weighted by Gasteiger charge is -2.01. The number of hydrogen-bond donors (Lipinski definition) is 1. The molecule has 2 nitrogen and oxygen atoms in total. The van der Waals surface area contributed by atoms with Crippen LogP contribution in [0.3, 0.4) is 0 Å². The molecule has 0 bridgehead atoms. The van der Waals surface area contributed by atoms with Gasteiger partial charge in [-0.1, -0.05) is 11.6 Å². The van der Waals surface area contributed by atoms with Crippen molar-refractivity contribution in [2.24, 2.45) is 0 Å². The highest BCUT2D eigenvalue weighted by molar-refractivity contribution is 9.10. The van der Waals surface area contributed by atoms with Crippen LogP contribution in [0.25, 0.3) is 0 Å². The molecule has 0 amide bonds. The molecule has 1 rings (SSSR count). The Morgan fingerprint density at radius 2 is 2.36 bits per heavy atom. The summed E-state index contributed by atoms with van der Waals surface area (Å²) in [5.74, 6) is 0. The molecule has 0 saturated carbocycles. The van der Waals surface area contributed by atoms with E-state index in [0.29, 0.717) is 11.6 Å². The van der Waals surface area contributed by atoms with E-state index in [4.69, 9.17) is 11.6 Å². The van der Waals surface area contributed by atoms with E-state index in [0.717, 1.165) is 10.3 Å². The van der Waals surface area contributed by atoms with E-state index < -0.39 is 0 Å². The Morgan fingerprint density at radius 1 is 1.64 bits per heavy atom. The fourth-order valence-corrected chi connectivity index (χ4v) is 1.27. The van der Waals surface area contributed by atoms with Crippen LogP contribution in [0.2, 0.25) is 5.02 Å². The zero-order valence-corrected chi connectivity index (χ0v) is 8.41. The highest BCUT2D eigenvalue weighted by Gasteiger charge is 2.00. The Kier molecular flexibility index (Phi) is 3.30. The van der Waals surface area contributed by atoms with Gasteiger partial charge in [0.2, 0.25) is 0 Å². The molecule has 1 aromatic heterocycles. The van der Waals surface area contributed by atoms with Crippen molar-refractivity contribution in [3.63, 3.8) is 0 Å². The first-order valence-corrected chi connectivity index (χ1v) is 4.36. The number of pyridine rings is 1. The largest absolute Gasteiger partial charge is 0.314 e. The highest BCUT2D eigenvalue weighted by atomic mass is 79.9. The van der Waals surface area contributed by atoms with Crippen molar-refractivity contribution in [3.05, 3.63) is 27.5 Å². The quantitative estimate of drug-likeness (QED) is 0.795. The topological polar surface area (TPSA) is 24.9 Å². The Balaban J connectivity index is 2.93. The molecule has 4 heteroatoms. The SMILES string of the molecule is CNCc1nc(Br)ccc1Cl. The molecule has 0 radical (unpaired) electrons. The van der Waals surface area contributed by atoms with Gasteiger partial charge in [-0.3, -0.25) is 0 Å². The first-order valence-electron chi connectivity index (χ1n) is 3.19. The summed E-state index contributed by atoms with van der Waals surface area (Å²) in [6, 6.07) is 3.65. The highest BCUT2D eigenvalue weighted by Crippen LogP contribution is 2.16. The van der Waals surface area contributed by atoms with E-state index in [2.05, 4.69) is 26.2 Å². The summed E-state index contributed by atoms with van der Waals surface area (Å²) in [5.41, 5.74) is 0.864. The molecule has 0 unspecified atom stereocenters.